The third-order valence-electron chi connectivity index (χ3n) is 6.24. The van der Waals surface area contributed by atoms with Crippen molar-refractivity contribution in [2.24, 2.45) is 0 Å². The lowest BCUT2D eigenvalue weighted by Gasteiger charge is -2.26. The Labute approximate surface area is 200 Å². The third-order valence-corrected chi connectivity index (χ3v) is 8.14. The lowest BCUT2D eigenvalue weighted by molar-refractivity contribution is 0.0999. The molecule has 4 aromatic rings. The molecule has 0 unspecified atom stereocenters. The van der Waals surface area contributed by atoms with Crippen LogP contribution in [0.15, 0.2) is 102 Å². The summed E-state index contributed by atoms with van der Waals surface area (Å²) in [6.07, 6.45) is 2.77. The minimum atomic E-state index is -3.64. The molecule has 172 valence electrons. The molecule has 0 atom stereocenters. The first kappa shape index (κ1) is 22.3. The quantitative estimate of drug-likeness (QED) is 0.360. The molecule has 1 saturated heterocycles. The Morgan fingerprint density at radius 2 is 1.38 bits per heavy atom. The highest BCUT2D eigenvalue weighted by Gasteiger charge is 2.27. The van der Waals surface area contributed by atoms with Crippen LogP contribution in [-0.2, 0) is 10.0 Å². The first-order chi connectivity index (χ1) is 16.5. The number of rotatable bonds is 5. The first-order valence-corrected chi connectivity index (χ1v) is 13.0. The SMILES string of the molecule is O=C(c1cccc(S(=O)(=O)N2CCCCC2)c1)N(c1ccccc1)c1ccc2ccccc2c1. The molecule has 0 aromatic heterocycles. The zero-order valence-corrected chi connectivity index (χ0v) is 19.6. The second-order valence-corrected chi connectivity index (χ2v) is 10.4. The van der Waals surface area contributed by atoms with Crippen molar-refractivity contribution in [1.29, 1.82) is 0 Å². The van der Waals surface area contributed by atoms with Gasteiger partial charge in [0.1, 0.15) is 0 Å². The smallest absolute Gasteiger partial charge is 0.262 e. The fourth-order valence-electron chi connectivity index (χ4n) is 4.45. The van der Waals surface area contributed by atoms with Crippen LogP contribution in [0.25, 0.3) is 10.8 Å². The number of amides is 1. The van der Waals surface area contributed by atoms with Gasteiger partial charge in [-0.15, -0.1) is 0 Å². The molecule has 0 aliphatic carbocycles. The van der Waals surface area contributed by atoms with Gasteiger partial charge in [0.05, 0.1) is 4.90 Å². The number of fused-ring (bicyclic) bond motifs is 1. The number of carbonyl (C=O) groups excluding carboxylic acids is 1. The fraction of sp³-hybridized carbons (Fsp3) is 0.179. The van der Waals surface area contributed by atoms with Gasteiger partial charge in [-0.25, -0.2) is 8.42 Å². The van der Waals surface area contributed by atoms with Gasteiger partial charge in [0, 0.05) is 30.0 Å². The van der Waals surface area contributed by atoms with Crippen molar-refractivity contribution in [3.05, 3.63) is 103 Å². The molecule has 1 aliphatic rings. The average Bonchev–Trinajstić information content (AvgIpc) is 2.90. The van der Waals surface area contributed by atoms with Crippen LogP contribution >= 0.6 is 0 Å². The Bertz CT molecular complexity index is 1430. The van der Waals surface area contributed by atoms with Crippen molar-refractivity contribution >= 4 is 38.1 Å². The Balaban J connectivity index is 1.56. The summed E-state index contributed by atoms with van der Waals surface area (Å²) >= 11 is 0. The van der Waals surface area contributed by atoms with Gasteiger partial charge in [0.25, 0.3) is 5.91 Å². The molecule has 0 saturated carbocycles. The normalized spacial score (nSPS) is 14.7. The maximum absolute atomic E-state index is 13.9. The van der Waals surface area contributed by atoms with Crippen LogP contribution in [0.3, 0.4) is 0 Å². The number of benzene rings is 4. The van der Waals surface area contributed by atoms with Crippen LogP contribution in [-0.4, -0.2) is 31.7 Å². The van der Waals surface area contributed by atoms with Crippen LogP contribution in [0.4, 0.5) is 11.4 Å². The number of hydrogen-bond donors (Lipinski definition) is 0. The lowest BCUT2D eigenvalue weighted by Crippen LogP contribution is -2.35. The summed E-state index contributed by atoms with van der Waals surface area (Å²) in [6.45, 7) is 1.04. The topological polar surface area (TPSA) is 57.7 Å². The summed E-state index contributed by atoms with van der Waals surface area (Å²) in [5, 5.41) is 2.11. The molecule has 4 aromatic carbocycles. The lowest BCUT2D eigenvalue weighted by atomic mass is 10.1. The first-order valence-electron chi connectivity index (χ1n) is 11.5. The Hall–Kier alpha value is -3.48. The zero-order valence-electron chi connectivity index (χ0n) is 18.8. The molecule has 5 rings (SSSR count). The molecular formula is C28H26N2O3S. The van der Waals surface area contributed by atoms with E-state index in [0.717, 1.165) is 35.7 Å². The number of piperidine rings is 1. The van der Waals surface area contributed by atoms with Crippen molar-refractivity contribution < 1.29 is 13.2 Å². The van der Waals surface area contributed by atoms with Crippen LogP contribution in [0.2, 0.25) is 0 Å². The predicted octanol–water partition coefficient (Wildman–Crippen LogP) is 5.99. The molecule has 34 heavy (non-hydrogen) atoms. The van der Waals surface area contributed by atoms with E-state index >= 15 is 0 Å². The number of hydrogen-bond acceptors (Lipinski definition) is 3. The second-order valence-electron chi connectivity index (χ2n) is 8.50. The summed E-state index contributed by atoms with van der Waals surface area (Å²) in [5.74, 6) is -0.280. The highest BCUT2D eigenvalue weighted by molar-refractivity contribution is 7.89. The number of anilines is 2. The number of para-hydroxylation sites is 1. The molecule has 1 aliphatic heterocycles. The summed E-state index contributed by atoms with van der Waals surface area (Å²) in [5.41, 5.74) is 1.77. The van der Waals surface area contributed by atoms with Crippen LogP contribution < -0.4 is 4.90 Å². The van der Waals surface area contributed by atoms with Crippen LogP contribution in [0, 0.1) is 0 Å². The zero-order chi connectivity index (χ0) is 23.5. The molecule has 1 heterocycles. The molecule has 1 fully saturated rings. The monoisotopic (exact) mass is 470 g/mol. The Morgan fingerprint density at radius 1 is 0.676 bits per heavy atom. The molecule has 0 radical (unpaired) electrons. The van der Waals surface area contributed by atoms with Gasteiger partial charge in [-0.05, 0) is 66.1 Å². The largest absolute Gasteiger partial charge is 0.277 e. The van der Waals surface area contributed by atoms with E-state index in [2.05, 4.69) is 0 Å². The van der Waals surface area contributed by atoms with E-state index in [1.807, 2.05) is 72.8 Å². The van der Waals surface area contributed by atoms with E-state index in [0.29, 0.717) is 24.3 Å². The predicted molar refractivity (Wildman–Crippen MR) is 136 cm³/mol. The number of nitrogens with zero attached hydrogens (tertiary/aromatic N) is 2. The van der Waals surface area contributed by atoms with Gasteiger partial charge in [0.2, 0.25) is 10.0 Å². The summed E-state index contributed by atoms with van der Waals surface area (Å²) in [6, 6.07) is 29.7. The number of sulfonamides is 1. The van der Waals surface area contributed by atoms with E-state index in [1.165, 1.54) is 10.4 Å². The van der Waals surface area contributed by atoms with Gasteiger partial charge in [0.15, 0.2) is 0 Å². The van der Waals surface area contributed by atoms with Crippen LogP contribution in [0.5, 0.6) is 0 Å². The third kappa shape index (κ3) is 4.34. The minimum Gasteiger partial charge on any atom is -0.277 e. The highest BCUT2D eigenvalue weighted by Crippen LogP contribution is 2.31. The van der Waals surface area contributed by atoms with Gasteiger partial charge in [-0.2, -0.15) is 4.31 Å². The summed E-state index contributed by atoms with van der Waals surface area (Å²) < 4.78 is 28.0. The van der Waals surface area contributed by atoms with E-state index in [9.17, 15) is 13.2 Å². The van der Waals surface area contributed by atoms with E-state index in [-0.39, 0.29) is 10.8 Å². The van der Waals surface area contributed by atoms with Crippen molar-refractivity contribution in [2.75, 3.05) is 18.0 Å². The highest BCUT2D eigenvalue weighted by atomic mass is 32.2. The minimum absolute atomic E-state index is 0.159. The van der Waals surface area contributed by atoms with Crippen molar-refractivity contribution in [3.63, 3.8) is 0 Å². The molecule has 0 spiro atoms. The standard InChI is InChI=1S/C28H26N2O3S/c31-28(24-12-9-15-27(21-24)34(32,33)29-18-7-2-8-19-29)30(25-13-3-1-4-14-25)26-17-16-22-10-5-6-11-23(22)20-26/h1,3-6,9-17,20-21H,2,7-8,18-19H2. The van der Waals surface area contributed by atoms with Crippen molar-refractivity contribution in [1.82, 2.24) is 4.31 Å². The van der Waals surface area contributed by atoms with E-state index in [4.69, 9.17) is 0 Å². The van der Waals surface area contributed by atoms with Crippen LogP contribution in [0.1, 0.15) is 29.6 Å². The fourth-order valence-corrected chi connectivity index (χ4v) is 6.01. The maximum atomic E-state index is 13.9. The average molecular weight is 471 g/mol. The molecule has 5 nitrogen and oxygen atoms in total. The molecular weight excluding hydrogens is 444 g/mol. The summed E-state index contributed by atoms with van der Waals surface area (Å²) in [4.78, 5) is 15.7. The second kappa shape index (κ2) is 9.41. The van der Waals surface area contributed by atoms with E-state index < -0.39 is 10.0 Å². The van der Waals surface area contributed by atoms with Gasteiger partial charge in [-0.1, -0.05) is 61.0 Å². The molecule has 0 bridgehead atoms. The van der Waals surface area contributed by atoms with Crippen molar-refractivity contribution in [2.45, 2.75) is 24.2 Å². The Kier molecular flexibility index (Phi) is 6.18. The Morgan fingerprint density at radius 3 is 2.15 bits per heavy atom. The van der Waals surface area contributed by atoms with Crippen molar-refractivity contribution in [3.8, 4) is 0 Å². The molecule has 0 N–H and O–H groups in total. The molecule has 1 amide bonds. The van der Waals surface area contributed by atoms with Gasteiger partial charge in [-0.3, -0.25) is 9.69 Å². The van der Waals surface area contributed by atoms with E-state index in [1.54, 1.807) is 23.1 Å². The molecule has 6 heteroatoms. The summed E-state index contributed by atoms with van der Waals surface area (Å²) in [7, 11) is -3.64. The maximum Gasteiger partial charge on any atom is 0.262 e. The number of carbonyl (C=O) groups is 1. The van der Waals surface area contributed by atoms with Gasteiger partial charge < -0.3 is 0 Å². The van der Waals surface area contributed by atoms with Gasteiger partial charge >= 0.3 is 0 Å².